The molecule has 6 nitrogen and oxygen atoms in total. The van der Waals surface area contributed by atoms with Gasteiger partial charge in [-0.2, -0.15) is 0 Å². The minimum absolute atomic E-state index is 0.101. The minimum atomic E-state index is -0.146. The van der Waals surface area contributed by atoms with E-state index in [0.29, 0.717) is 45.5 Å². The van der Waals surface area contributed by atoms with Crippen LogP contribution in [-0.2, 0) is 17.8 Å². The molecule has 0 bridgehead atoms. The molecule has 4 rings (SSSR count). The highest BCUT2D eigenvalue weighted by molar-refractivity contribution is 7.15. The molecule has 9 heteroatoms. The summed E-state index contributed by atoms with van der Waals surface area (Å²) in [6.07, 6.45) is 4.66. The van der Waals surface area contributed by atoms with Gasteiger partial charge in [-0.25, -0.2) is 9.97 Å². The number of aryl methyl sites for hydroxylation is 1. The molecular weight excluding hydrogens is 455 g/mol. The molecule has 31 heavy (non-hydrogen) atoms. The van der Waals surface area contributed by atoms with E-state index in [1.54, 1.807) is 30.5 Å². The largest absolute Gasteiger partial charge is 0.302 e. The van der Waals surface area contributed by atoms with E-state index in [1.165, 1.54) is 22.2 Å². The Bertz CT molecular complexity index is 1300. The second-order valence-electron chi connectivity index (χ2n) is 6.96. The molecule has 2 aromatic carbocycles. The Morgan fingerprint density at radius 2 is 1.97 bits per heavy atom. The van der Waals surface area contributed by atoms with Crippen molar-refractivity contribution in [1.82, 2.24) is 14.5 Å². The molecule has 0 unspecified atom stereocenters. The molecule has 1 N–H and O–H groups in total. The maximum Gasteiger partial charge on any atom is 0.261 e. The summed E-state index contributed by atoms with van der Waals surface area (Å²) in [5.74, 6) is -0.146. The molecular formula is C22H18Cl2N4O2S. The second kappa shape index (κ2) is 9.60. The molecule has 0 saturated carbocycles. The zero-order valence-electron chi connectivity index (χ0n) is 16.3. The van der Waals surface area contributed by atoms with E-state index in [2.05, 4.69) is 15.3 Å². The van der Waals surface area contributed by atoms with E-state index in [4.69, 9.17) is 23.2 Å². The van der Waals surface area contributed by atoms with Crippen LogP contribution in [-0.4, -0.2) is 20.4 Å². The van der Waals surface area contributed by atoms with E-state index in [9.17, 15) is 9.59 Å². The van der Waals surface area contributed by atoms with E-state index >= 15 is 0 Å². The predicted molar refractivity (Wildman–Crippen MR) is 125 cm³/mol. The topological polar surface area (TPSA) is 76.9 Å². The Morgan fingerprint density at radius 3 is 2.81 bits per heavy atom. The highest BCUT2D eigenvalue weighted by Gasteiger charge is 2.10. The zero-order valence-corrected chi connectivity index (χ0v) is 18.7. The van der Waals surface area contributed by atoms with Gasteiger partial charge in [0.2, 0.25) is 5.91 Å². The van der Waals surface area contributed by atoms with Crippen LogP contribution in [0.3, 0.4) is 0 Å². The van der Waals surface area contributed by atoms with Gasteiger partial charge >= 0.3 is 0 Å². The lowest BCUT2D eigenvalue weighted by Gasteiger charge is -2.06. The first-order chi connectivity index (χ1) is 15.0. The number of rotatable bonds is 7. The molecule has 2 aromatic heterocycles. The first kappa shape index (κ1) is 21.5. The van der Waals surface area contributed by atoms with Crippen LogP contribution >= 0.6 is 34.5 Å². The minimum Gasteiger partial charge on any atom is -0.302 e. The Labute approximate surface area is 192 Å². The Morgan fingerprint density at radius 1 is 1.13 bits per heavy atom. The third-order valence-electron chi connectivity index (χ3n) is 4.71. The smallest absolute Gasteiger partial charge is 0.261 e. The van der Waals surface area contributed by atoms with Gasteiger partial charge in [0.05, 0.1) is 17.2 Å². The Balaban J connectivity index is 1.30. The molecule has 158 valence electrons. The first-order valence-electron chi connectivity index (χ1n) is 9.62. The number of fused-ring (bicyclic) bond motifs is 1. The molecule has 0 atom stereocenters. The van der Waals surface area contributed by atoms with Gasteiger partial charge in [-0.3, -0.25) is 14.2 Å². The highest BCUT2D eigenvalue weighted by atomic mass is 35.5. The average molecular weight is 473 g/mol. The number of nitrogens with zero attached hydrogens (tertiary/aromatic N) is 3. The van der Waals surface area contributed by atoms with Gasteiger partial charge in [-0.1, -0.05) is 41.4 Å². The molecule has 0 aliphatic rings. The van der Waals surface area contributed by atoms with Crippen molar-refractivity contribution in [2.24, 2.45) is 0 Å². The summed E-state index contributed by atoms with van der Waals surface area (Å²) in [6.45, 7) is 0.419. The Kier molecular flexibility index (Phi) is 6.65. The monoisotopic (exact) mass is 472 g/mol. The molecule has 1 amide bonds. The zero-order chi connectivity index (χ0) is 21.8. The van der Waals surface area contributed by atoms with Gasteiger partial charge in [0.15, 0.2) is 5.13 Å². The van der Waals surface area contributed by atoms with Crippen molar-refractivity contribution in [3.8, 4) is 0 Å². The van der Waals surface area contributed by atoms with Gasteiger partial charge in [-0.05, 0) is 36.2 Å². The maximum atomic E-state index is 12.5. The fourth-order valence-electron chi connectivity index (χ4n) is 3.16. The maximum absolute atomic E-state index is 12.5. The molecule has 0 fully saturated rings. The number of halogens is 2. The van der Waals surface area contributed by atoms with Crippen molar-refractivity contribution < 1.29 is 4.79 Å². The van der Waals surface area contributed by atoms with Crippen LogP contribution in [0.2, 0.25) is 10.0 Å². The SMILES string of the molecule is O=C(CCCn1cnc2ccccc2c1=O)Nc1ncc(Cc2ccc(Cl)cc2Cl)s1. The number of carbonyl (C=O) groups is 1. The van der Waals surface area contributed by atoms with E-state index < -0.39 is 0 Å². The van der Waals surface area contributed by atoms with Crippen molar-refractivity contribution in [1.29, 1.82) is 0 Å². The number of para-hydroxylation sites is 1. The van der Waals surface area contributed by atoms with Crippen LogP contribution in [0.15, 0.2) is 59.8 Å². The van der Waals surface area contributed by atoms with Crippen LogP contribution in [0.1, 0.15) is 23.3 Å². The van der Waals surface area contributed by atoms with Crippen LogP contribution in [0.5, 0.6) is 0 Å². The molecule has 4 aromatic rings. The van der Waals surface area contributed by atoms with E-state index in [1.807, 2.05) is 18.2 Å². The number of benzene rings is 2. The lowest BCUT2D eigenvalue weighted by molar-refractivity contribution is -0.116. The molecule has 0 saturated heterocycles. The van der Waals surface area contributed by atoms with Gasteiger partial charge in [0, 0.05) is 40.5 Å². The molecule has 2 heterocycles. The summed E-state index contributed by atoms with van der Waals surface area (Å²) >= 11 is 13.6. The van der Waals surface area contributed by atoms with Crippen molar-refractivity contribution in [2.75, 3.05) is 5.32 Å². The van der Waals surface area contributed by atoms with Gasteiger partial charge in [-0.15, -0.1) is 11.3 Å². The number of anilines is 1. The van der Waals surface area contributed by atoms with Crippen LogP contribution in [0.25, 0.3) is 10.9 Å². The second-order valence-corrected chi connectivity index (χ2v) is 8.92. The summed E-state index contributed by atoms with van der Waals surface area (Å²) in [6, 6.07) is 12.6. The third-order valence-corrected chi connectivity index (χ3v) is 6.21. The first-order valence-corrected chi connectivity index (χ1v) is 11.2. The highest BCUT2D eigenvalue weighted by Crippen LogP contribution is 2.27. The van der Waals surface area contributed by atoms with E-state index in [0.717, 1.165) is 10.4 Å². The fraction of sp³-hybridized carbons (Fsp3) is 0.182. The van der Waals surface area contributed by atoms with Gasteiger partial charge < -0.3 is 5.32 Å². The average Bonchev–Trinajstić information content (AvgIpc) is 3.19. The number of aromatic nitrogens is 3. The molecule has 0 radical (unpaired) electrons. The summed E-state index contributed by atoms with van der Waals surface area (Å²) < 4.78 is 1.53. The van der Waals surface area contributed by atoms with Gasteiger partial charge in [0.1, 0.15) is 0 Å². The van der Waals surface area contributed by atoms with Crippen LogP contribution < -0.4 is 10.9 Å². The van der Waals surface area contributed by atoms with Crippen LogP contribution in [0.4, 0.5) is 5.13 Å². The summed E-state index contributed by atoms with van der Waals surface area (Å²) in [5, 5.41) is 5.12. The predicted octanol–water partition coefficient (Wildman–Crippen LogP) is 5.17. The van der Waals surface area contributed by atoms with Crippen molar-refractivity contribution >= 4 is 56.5 Å². The van der Waals surface area contributed by atoms with Crippen molar-refractivity contribution in [2.45, 2.75) is 25.8 Å². The molecule has 0 aliphatic carbocycles. The lowest BCUT2D eigenvalue weighted by atomic mass is 10.1. The number of carbonyl (C=O) groups excluding carboxylic acids is 1. The third kappa shape index (κ3) is 5.31. The summed E-state index contributed by atoms with van der Waals surface area (Å²) in [5.41, 5.74) is 1.51. The number of amides is 1. The van der Waals surface area contributed by atoms with Gasteiger partial charge in [0.25, 0.3) is 5.56 Å². The summed E-state index contributed by atoms with van der Waals surface area (Å²) in [7, 11) is 0. The molecule has 0 aliphatic heterocycles. The lowest BCUT2D eigenvalue weighted by Crippen LogP contribution is -2.21. The van der Waals surface area contributed by atoms with Crippen LogP contribution in [0, 0.1) is 0 Å². The number of hydrogen-bond donors (Lipinski definition) is 1. The van der Waals surface area contributed by atoms with E-state index in [-0.39, 0.29) is 17.9 Å². The number of nitrogens with one attached hydrogen (secondary N) is 1. The number of thiazole rings is 1. The normalized spacial score (nSPS) is 11.0. The summed E-state index contributed by atoms with van der Waals surface area (Å²) in [4.78, 5) is 34.3. The van der Waals surface area contributed by atoms with Crippen molar-refractivity contribution in [3.63, 3.8) is 0 Å². The Hall–Kier alpha value is -2.74. The number of hydrogen-bond acceptors (Lipinski definition) is 5. The standard InChI is InChI=1S/C22H18Cl2N4O2S/c23-15-8-7-14(18(24)11-15)10-16-12-25-22(31-16)27-20(29)6-3-9-28-13-26-19-5-2-1-4-17(19)21(28)30/h1-2,4-5,7-8,11-13H,3,6,9-10H2,(H,25,27,29). The van der Waals surface area contributed by atoms with Crippen molar-refractivity contribution in [3.05, 3.63) is 85.8 Å². The quantitative estimate of drug-likeness (QED) is 0.402. The molecule has 0 spiro atoms. The fourth-order valence-corrected chi connectivity index (χ4v) is 4.48.